The third-order valence-corrected chi connectivity index (χ3v) is 5.08. The Labute approximate surface area is 162 Å². The molecule has 0 spiro atoms. The second-order valence-corrected chi connectivity index (χ2v) is 7.03. The van der Waals surface area contributed by atoms with Gasteiger partial charge in [0.25, 0.3) is 5.91 Å². The summed E-state index contributed by atoms with van der Waals surface area (Å²) in [4.78, 5) is 12.4. The molecular formula is C19H21ClN6O. The average Bonchev–Trinajstić information content (AvgIpc) is 3.24. The van der Waals surface area contributed by atoms with Gasteiger partial charge in [0, 0.05) is 32.1 Å². The SMILES string of the molecule is O=C(NCCc1nnc2n1CCCCC2)c1cnn(-c2ccccc2Cl)c1. The zero-order chi connectivity index (χ0) is 18.6. The van der Waals surface area contributed by atoms with Gasteiger partial charge in [-0.1, -0.05) is 30.2 Å². The molecule has 0 fully saturated rings. The highest BCUT2D eigenvalue weighted by Crippen LogP contribution is 2.19. The molecule has 1 aliphatic heterocycles. The molecule has 1 amide bonds. The lowest BCUT2D eigenvalue weighted by Gasteiger charge is -2.07. The Balaban J connectivity index is 1.37. The Kier molecular flexibility index (Phi) is 5.20. The largest absolute Gasteiger partial charge is 0.351 e. The van der Waals surface area contributed by atoms with Crippen molar-refractivity contribution >= 4 is 17.5 Å². The second kappa shape index (κ2) is 7.92. The van der Waals surface area contributed by atoms with E-state index in [4.69, 9.17) is 11.6 Å². The molecule has 3 aromatic rings. The first-order chi connectivity index (χ1) is 13.2. The summed E-state index contributed by atoms with van der Waals surface area (Å²) >= 11 is 6.18. The number of fused-ring (bicyclic) bond motifs is 1. The van der Waals surface area contributed by atoms with Crippen LogP contribution in [0.25, 0.3) is 5.69 Å². The quantitative estimate of drug-likeness (QED) is 0.733. The summed E-state index contributed by atoms with van der Waals surface area (Å²) < 4.78 is 3.81. The lowest BCUT2D eigenvalue weighted by molar-refractivity contribution is 0.0954. The van der Waals surface area contributed by atoms with E-state index in [1.165, 1.54) is 12.8 Å². The number of carbonyl (C=O) groups excluding carboxylic acids is 1. The summed E-state index contributed by atoms with van der Waals surface area (Å²) in [6.07, 6.45) is 8.43. The van der Waals surface area contributed by atoms with Gasteiger partial charge in [0.15, 0.2) is 0 Å². The van der Waals surface area contributed by atoms with Crippen LogP contribution in [-0.2, 0) is 19.4 Å². The van der Waals surface area contributed by atoms with Gasteiger partial charge in [-0.15, -0.1) is 10.2 Å². The lowest BCUT2D eigenvalue weighted by Crippen LogP contribution is -2.26. The first-order valence-corrected chi connectivity index (χ1v) is 9.59. The Morgan fingerprint density at radius 2 is 2.07 bits per heavy atom. The van der Waals surface area contributed by atoms with Crippen molar-refractivity contribution in [3.8, 4) is 5.69 Å². The summed E-state index contributed by atoms with van der Waals surface area (Å²) in [5, 5.41) is 16.3. The molecule has 1 N–H and O–H groups in total. The van der Waals surface area contributed by atoms with Crippen molar-refractivity contribution in [3.05, 3.63) is 58.9 Å². The topological polar surface area (TPSA) is 77.6 Å². The normalized spacial score (nSPS) is 13.8. The fourth-order valence-electron chi connectivity index (χ4n) is 3.33. The molecule has 1 aliphatic rings. The number of para-hydroxylation sites is 1. The number of hydrogen-bond acceptors (Lipinski definition) is 4. The maximum absolute atomic E-state index is 12.4. The van der Waals surface area contributed by atoms with Crippen molar-refractivity contribution in [2.24, 2.45) is 0 Å². The van der Waals surface area contributed by atoms with Gasteiger partial charge in [-0.25, -0.2) is 4.68 Å². The Hall–Kier alpha value is -2.67. The van der Waals surface area contributed by atoms with Crippen LogP contribution in [0.4, 0.5) is 0 Å². The van der Waals surface area contributed by atoms with Gasteiger partial charge in [0.05, 0.1) is 22.5 Å². The smallest absolute Gasteiger partial charge is 0.254 e. The van der Waals surface area contributed by atoms with Gasteiger partial charge in [-0.2, -0.15) is 5.10 Å². The number of aryl methyl sites for hydroxylation is 1. The van der Waals surface area contributed by atoms with Crippen LogP contribution < -0.4 is 5.32 Å². The molecule has 8 heteroatoms. The van der Waals surface area contributed by atoms with Gasteiger partial charge in [-0.05, 0) is 25.0 Å². The fourth-order valence-corrected chi connectivity index (χ4v) is 3.55. The van der Waals surface area contributed by atoms with Gasteiger partial charge < -0.3 is 9.88 Å². The second-order valence-electron chi connectivity index (χ2n) is 6.63. The maximum atomic E-state index is 12.4. The number of halogens is 1. The van der Waals surface area contributed by atoms with Crippen LogP contribution in [0, 0.1) is 0 Å². The van der Waals surface area contributed by atoms with Gasteiger partial charge in [0.2, 0.25) is 0 Å². The third-order valence-electron chi connectivity index (χ3n) is 4.76. The zero-order valence-corrected chi connectivity index (χ0v) is 15.7. The van der Waals surface area contributed by atoms with E-state index < -0.39 is 0 Å². The number of nitrogens with one attached hydrogen (secondary N) is 1. The van der Waals surface area contributed by atoms with E-state index in [9.17, 15) is 4.79 Å². The molecule has 0 saturated heterocycles. The van der Waals surface area contributed by atoms with Crippen molar-refractivity contribution in [3.63, 3.8) is 0 Å². The summed E-state index contributed by atoms with van der Waals surface area (Å²) in [6, 6.07) is 7.38. The molecule has 0 bridgehead atoms. The van der Waals surface area contributed by atoms with Crippen molar-refractivity contribution in [1.82, 2.24) is 29.9 Å². The number of nitrogens with zero attached hydrogens (tertiary/aromatic N) is 5. The lowest BCUT2D eigenvalue weighted by atomic mass is 10.2. The summed E-state index contributed by atoms with van der Waals surface area (Å²) in [5.41, 5.74) is 1.24. The minimum absolute atomic E-state index is 0.163. The van der Waals surface area contributed by atoms with Gasteiger partial charge >= 0.3 is 0 Å². The molecule has 1 aromatic carbocycles. The zero-order valence-electron chi connectivity index (χ0n) is 14.9. The van der Waals surface area contributed by atoms with E-state index in [1.54, 1.807) is 23.1 Å². The monoisotopic (exact) mass is 384 g/mol. The Morgan fingerprint density at radius 3 is 2.96 bits per heavy atom. The van der Waals surface area contributed by atoms with Crippen LogP contribution in [0.5, 0.6) is 0 Å². The molecule has 7 nitrogen and oxygen atoms in total. The Morgan fingerprint density at radius 1 is 1.19 bits per heavy atom. The number of carbonyl (C=O) groups is 1. The van der Waals surface area contributed by atoms with E-state index in [2.05, 4.69) is 25.2 Å². The molecule has 140 valence electrons. The van der Waals surface area contributed by atoms with Crippen LogP contribution in [0.3, 0.4) is 0 Å². The molecular weight excluding hydrogens is 364 g/mol. The first-order valence-electron chi connectivity index (χ1n) is 9.21. The van der Waals surface area contributed by atoms with Crippen LogP contribution in [0.1, 0.15) is 41.3 Å². The molecule has 27 heavy (non-hydrogen) atoms. The van der Waals surface area contributed by atoms with Gasteiger partial charge in [0.1, 0.15) is 11.6 Å². The minimum atomic E-state index is -0.163. The molecule has 0 unspecified atom stereocenters. The minimum Gasteiger partial charge on any atom is -0.351 e. The standard InChI is InChI=1S/C19H21ClN6O/c20-15-6-3-4-7-16(15)26-13-14(12-22-26)19(27)21-10-9-18-24-23-17-8-2-1-5-11-25(17)18/h3-4,6-7,12-13H,1-2,5,8-11H2,(H,21,27). The number of hydrogen-bond donors (Lipinski definition) is 1. The predicted octanol–water partition coefficient (Wildman–Crippen LogP) is 2.82. The van der Waals surface area contributed by atoms with E-state index >= 15 is 0 Å². The van der Waals surface area contributed by atoms with Crippen LogP contribution in [0.2, 0.25) is 5.02 Å². The van der Waals surface area contributed by atoms with Crippen molar-refractivity contribution in [1.29, 1.82) is 0 Å². The maximum Gasteiger partial charge on any atom is 0.254 e. The fraction of sp³-hybridized carbons (Fsp3) is 0.368. The summed E-state index contributed by atoms with van der Waals surface area (Å²) in [5.74, 6) is 1.85. The van der Waals surface area contributed by atoms with Crippen molar-refractivity contribution in [2.75, 3.05) is 6.54 Å². The Bertz CT molecular complexity index is 947. The number of rotatable bonds is 5. The highest BCUT2D eigenvalue weighted by molar-refractivity contribution is 6.32. The van der Waals surface area contributed by atoms with Crippen molar-refractivity contribution in [2.45, 2.75) is 38.6 Å². The third kappa shape index (κ3) is 3.88. The van der Waals surface area contributed by atoms with Crippen LogP contribution in [-0.4, -0.2) is 37.0 Å². The molecule has 2 aromatic heterocycles. The highest BCUT2D eigenvalue weighted by atomic mass is 35.5. The molecule has 4 rings (SSSR count). The average molecular weight is 385 g/mol. The number of amides is 1. The number of benzene rings is 1. The predicted molar refractivity (Wildman–Crippen MR) is 102 cm³/mol. The van der Waals surface area contributed by atoms with Gasteiger partial charge in [-0.3, -0.25) is 4.79 Å². The van der Waals surface area contributed by atoms with E-state index in [0.717, 1.165) is 36.7 Å². The number of aromatic nitrogens is 5. The van der Waals surface area contributed by atoms with E-state index in [0.29, 0.717) is 23.6 Å². The van der Waals surface area contributed by atoms with E-state index in [-0.39, 0.29) is 5.91 Å². The summed E-state index contributed by atoms with van der Waals surface area (Å²) in [7, 11) is 0. The molecule has 0 atom stereocenters. The van der Waals surface area contributed by atoms with Crippen LogP contribution in [0.15, 0.2) is 36.7 Å². The van der Waals surface area contributed by atoms with E-state index in [1.807, 2.05) is 18.2 Å². The molecule has 0 aliphatic carbocycles. The summed E-state index contributed by atoms with van der Waals surface area (Å²) in [6.45, 7) is 1.48. The molecule has 3 heterocycles. The first kappa shape index (κ1) is 17.7. The molecule has 0 saturated carbocycles. The highest BCUT2D eigenvalue weighted by Gasteiger charge is 2.15. The molecule has 0 radical (unpaired) electrons. The van der Waals surface area contributed by atoms with Crippen LogP contribution >= 0.6 is 11.6 Å². The van der Waals surface area contributed by atoms with Crippen molar-refractivity contribution < 1.29 is 4.79 Å².